The summed E-state index contributed by atoms with van der Waals surface area (Å²) in [6, 6.07) is -0.456. The summed E-state index contributed by atoms with van der Waals surface area (Å²) in [6.07, 6.45) is 5.30. The Kier molecular flexibility index (Phi) is 2.14. The predicted octanol–water partition coefficient (Wildman–Crippen LogP) is 0.881. The average molecular weight is 180 g/mol. The SMILES string of the molecule is O=[N+]([O-])C1CC=CC2=C1CCNC2. The van der Waals surface area contributed by atoms with Gasteiger partial charge in [0, 0.05) is 23.5 Å². The standard InChI is InChI=1S/C9H12N2O2/c12-11(13)9-3-1-2-7-6-10-5-4-8(7)9/h1-2,9-10H,3-6H2. The molecular weight excluding hydrogens is 168 g/mol. The van der Waals surface area contributed by atoms with Gasteiger partial charge in [-0.25, -0.2) is 0 Å². The lowest BCUT2D eigenvalue weighted by atomic mass is 9.89. The smallest absolute Gasteiger partial charge is 0.238 e. The minimum absolute atomic E-state index is 0.163. The first-order chi connectivity index (χ1) is 6.29. The summed E-state index contributed by atoms with van der Waals surface area (Å²) in [4.78, 5) is 10.6. The Morgan fingerprint density at radius 1 is 1.62 bits per heavy atom. The van der Waals surface area contributed by atoms with Crippen molar-refractivity contribution in [2.45, 2.75) is 18.9 Å². The largest absolute Gasteiger partial charge is 0.312 e. The molecule has 0 aromatic rings. The first-order valence-electron chi connectivity index (χ1n) is 4.51. The molecule has 1 aliphatic carbocycles. The van der Waals surface area contributed by atoms with Gasteiger partial charge in [0.1, 0.15) is 0 Å². The van der Waals surface area contributed by atoms with Crippen molar-refractivity contribution >= 4 is 0 Å². The minimum Gasteiger partial charge on any atom is -0.312 e. The number of rotatable bonds is 1. The van der Waals surface area contributed by atoms with Gasteiger partial charge in [0.15, 0.2) is 0 Å². The van der Waals surface area contributed by atoms with Gasteiger partial charge in [0.05, 0.1) is 0 Å². The fourth-order valence-electron chi connectivity index (χ4n) is 1.96. The zero-order chi connectivity index (χ0) is 9.26. The van der Waals surface area contributed by atoms with Crippen molar-refractivity contribution in [1.29, 1.82) is 0 Å². The van der Waals surface area contributed by atoms with Crippen LogP contribution in [-0.2, 0) is 0 Å². The van der Waals surface area contributed by atoms with E-state index in [1.165, 1.54) is 0 Å². The molecule has 0 spiro atoms. The van der Waals surface area contributed by atoms with Gasteiger partial charge in [-0.3, -0.25) is 10.1 Å². The molecule has 2 rings (SSSR count). The molecule has 2 aliphatic rings. The van der Waals surface area contributed by atoms with E-state index in [1.54, 1.807) is 0 Å². The summed E-state index contributed by atoms with van der Waals surface area (Å²) in [5.41, 5.74) is 2.16. The highest BCUT2D eigenvalue weighted by molar-refractivity contribution is 5.35. The van der Waals surface area contributed by atoms with Gasteiger partial charge in [0.25, 0.3) is 0 Å². The third-order valence-electron chi connectivity index (χ3n) is 2.63. The molecule has 0 fully saturated rings. The molecule has 4 nitrogen and oxygen atoms in total. The molecule has 0 bridgehead atoms. The fourth-order valence-corrected chi connectivity index (χ4v) is 1.96. The van der Waals surface area contributed by atoms with Gasteiger partial charge < -0.3 is 5.32 Å². The highest BCUT2D eigenvalue weighted by atomic mass is 16.6. The first kappa shape index (κ1) is 8.44. The lowest BCUT2D eigenvalue weighted by Gasteiger charge is -2.24. The molecule has 13 heavy (non-hydrogen) atoms. The topological polar surface area (TPSA) is 55.2 Å². The maximum atomic E-state index is 10.7. The number of nitrogens with one attached hydrogen (secondary N) is 1. The van der Waals surface area contributed by atoms with E-state index in [1.807, 2.05) is 12.2 Å². The first-order valence-corrected chi connectivity index (χ1v) is 4.51. The Morgan fingerprint density at radius 3 is 3.23 bits per heavy atom. The van der Waals surface area contributed by atoms with Crippen molar-refractivity contribution in [2.75, 3.05) is 13.1 Å². The fraction of sp³-hybridized carbons (Fsp3) is 0.556. The van der Waals surface area contributed by atoms with E-state index in [9.17, 15) is 10.1 Å². The molecule has 0 saturated carbocycles. The van der Waals surface area contributed by atoms with Crippen molar-refractivity contribution in [3.05, 3.63) is 33.4 Å². The lowest BCUT2D eigenvalue weighted by Crippen LogP contribution is -2.33. The van der Waals surface area contributed by atoms with Crippen LogP contribution in [0.15, 0.2) is 23.3 Å². The second-order valence-electron chi connectivity index (χ2n) is 3.42. The maximum absolute atomic E-state index is 10.7. The zero-order valence-corrected chi connectivity index (χ0v) is 7.32. The minimum atomic E-state index is -0.456. The molecule has 1 N–H and O–H groups in total. The molecule has 0 aromatic heterocycles. The van der Waals surface area contributed by atoms with Gasteiger partial charge in [-0.15, -0.1) is 0 Å². The summed E-state index contributed by atoms with van der Waals surface area (Å²) < 4.78 is 0. The summed E-state index contributed by atoms with van der Waals surface area (Å²) in [5, 5.41) is 13.9. The van der Waals surface area contributed by atoms with Crippen LogP contribution in [0.3, 0.4) is 0 Å². The molecule has 1 aliphatic heterocycles. The normalized spacial score (nSPS) is 27.2. The van der Waals surface area contributed by atoms with Crippen LogP contribution in [0.25, 0.3) is 0 Å². The predicted molar refractivity (Wildman–Crippen MR) is 49.1 cm³/mol. The second kappa shape index (κ2) is 3.30. The lowest BCUT2D eigenvalue weighted by molar-refractivity contribution is -0.511. The van der Waals surface area contributed by atoms with Crippen molar-refractivity contribution < 1.29 is 4.92 Å². The molecule has 1 atom stereocenters. The monoisotopic (exact) mass is 180 g/mol. The van der Waals surface area contributed by atoms with E-state index in [4.69, 9.17) is 0 Å². The zero-order valence-electron chi connectivity index (χ0n) is 7.32. The van der Waals surface area contributed by atoms with E-state index in [0.29, 0.717) is 6.42 Å². The van der Waals surface area contributed by atoms with Gasteiger partial charge in [-0.05, 0) is 18.5 Å². The number of nitro groups is 1. The van der Waals surface area contributed by atoms with Crippen molar-refractivity contribution in [3.63, 3.8) is 0 Å². The summed E-state index contributed by atoms with van der Waals surface area (Å²) in [5.74, 6) is 0. The number of hydrogen-bond donors (Lipinski definition) is 1. The summed E-state index contributed by atoms with van der Waals surface area (Å²) in [6.45, 7) is 1.66. The molecule has 1 heterocycles. The number of hydrogen-bond acceptors (Lipinski definition) is 3. The quantitative estimate of drug-likeness (QED) is 0.481. The molecule has 0 radical (unpaired) electrons. The maximum Gasteiger partial charge on any atom is 0.238 e. The average Bonchev–Trinajstić information content (AvgIpc) is 2.17. The van der Waals surface area contributed by atoms with Crippen LogP contribution in [0.4, 0.5) is 0 Å². The Balaban J connectivity index is 2.29. The third-order valence-corrected chi connectivity index (χ3v) is 2.63. The molecule has 0 saturated heterocycles. The van der Waals surface area contributed by atoms with E-state index in [-0.39, 0.29) is 4.92 Å². The van der Waals surface area contributed by atoms with Gasteiger partial charge in [0.2, 0.25) is 6.04 Å². The van der Waals surface area contributed by atoms with Crippen LogP contribution in [0.5, 0.6) is 0 Å². The van der Waals surface area contributed by atoms with Crippen molar-refractivity contribution in [1.82, 2.24) is 5.32 Å². The van der Waals surface area contributed by atoms with Gasteiger partial charge >= 0.3 is 0 Å². The van der Waals surface area contributed by atoms with Crippen LogP contribution in [0, 0.1) is 10.1 Å². The van der Waals surface area contributed by atoms with E-state index in [0.717, 1.165) is 30.7 Å². The van der Waals surface area contributed by atoms with Crippen LogP contribution >= 0.6 is 0 Å². The Bertz CT molecular complexity index is 294. The molecule has 1 unspecified atom stereocenters. The van der Waals surface area contributed by atoms with Crippen molar-refractivity contribution in [2.24, 2.45) is 0 Å². The van der Waals surface area contributed by atoms with Gasteiger partial charge in [-0.2, -0.15) is 0 Å². The Labute approximate surface area is 76.5 Å². The highest BCUT2D eigenvalue weighted by Gasteiger charge is 2.29. The number of nitrogens with zero attached hydrogens (tertiary/aromatic N) is 1. The molecular formula is C9H12N2O2. The van der Waals surface area contributed by atoms with Crippen LogP contribution in [0.1, 0.15) is 12.8 Å². The Hall–Kier alpha value is -1.16. The highest BCUT2D eigenvalue weighted by Crippen LogP contribution is 2.25. The van der Waals surface area contributed by atoms with E-state index >= 15 is 0 Å². The third kappa shape index (κ3) is 1.49. The van der Waals surface area contributed by atoms with E-state index in [2.05, 4.69) is 5.32 Å². The van der Waals surface area contributed by atoms with Crippen LogP contribution < -0.4 is 5.32 Å². The van der Waals surface area contributed by atoms with Crippen LogP contribution in [0.2, 0.25) is 0 Å². The molecule has 70 valence electrons. The summed E-state index contributed by atoms with van der Waals surface area (Å²) >= 11 is 0. The summed E-state index contributed by atoms with van der Waals surface area (Å²) in [7, 11) is 0. The molecule has 0 aromatic carbocycles. The van der Waals surface area contributed by atoms with E-state index < -0.39 is 6.04 Å². The molecule has 0 amide bonds. The van der Waals surface area contributed by atoms with Crippen molar-refractivity contribution in [3.8, 4) is 0 Å². The van der Waals surface area contributed by atoms with Gasteiger partial charge in [-0.1, -0.05) is 12.2 Å². The van der Waals surface area contributed by atoms with Crippen LogP contribution in [-0.4, -0.2) is 24.1 Å². The Morgan fingerprint density at radius 2 is 2.46 bits per heavy atom. The second-order valence-corrected chi connectivity index (χ2v) is 3.42. The molecule has 4 heteroatoms.